The number of anilines is 1. The Morgan fingerprint density at radius 1 is 1.28 bits per heavy atom. The number of carbonyl (C=O) groups excluding carboxylic acids is 2. The van der Waals surface area contributed by atoms with Crippen molar-refractivity contribution in [3.8, 4) is 0 Å². The summed E-state index contributed by atoms with van der Waals surface area (Å²) in [6.07, 6.45) is 3.25. The van der Waals surface area contributed by atoms with Gasteiger partial charge in [0, 0.05) is 25.2 Å². The van der Waals surface area contributed by atoms with Gasteiger partial charge in [0.05, 0.1) is 19.2 Å². The number of hydrogen-bond donors (Lipinski definition) is 1. The van der Waals surface area contributed by atoms with Crippen molar-refractivity contribution in [2.45, 2.75) is 44.7 Å². The molecule has 2 bridgehead atoms. The first-order valence-corrected chi connectivity index (χ1v) is 8.95. The molecule has 25 heavy (non-hydrogen) atoms. The van der Waals surface area contributed by atoms with Crippen molar-refractivity contribution < 1.29 is 14.3 Å². The van der Waals surface area contributed by atoms with Crippen LogP contribution in [0.4, 0.5) is 10.6 Å². The molecule has 2 fully saturated rings. The van der Waals surface area contributed by atoms with E-state index in [2.05, 4.69) is 26.9 Å². The molecule has 136 valence electrons. The molecule has 3 heterocycles. The van der Waals surface area contributed by atoms with Crippen molar-refractivity contribution in [1.29, 1.82) is 0 Å². The van der Waals surface area contributed by atoms with Crippen molar-refractivity contribution in [3.05, 3.63) is 23.9 Å². The molecule has 0 saturated carbocycles. The molecule has 0 aromatic carbocycles. The van der Waals surface area contributed by atoms with E-state index in [1.54, 1.807) is 18.2 Å². The van der Waals surface area contributed by atoms with Gasteiger partial charge in [-0.25, -0.2) is 9.78 Å². The third-order valence-corrected chi connectivity index (χ3v) is 5.14. The summed E-state index contributed by atoms with van der Waals surface area (Å²) in [5.41, 5.74) is 0.584. The van der Waals surface area contributed by atoms with Crippen LogP contribution in [-0.4, -0.2) is 65.6 Å². The Bertz CT molecular complexity index is 637. The van der Waals surface area contributed by atoms with Gasteiger partial charge < -0.3 is 14.5 Å². The molecule has 3 rings (SSSR count). The minimum absolute atomic E-state index is 0.0897. The summed E-state index contributed by atoms with van der Waals surface area (Å²) in [5, 5.41) is 2.91. The summed E-state index contributed by atoms with van der Waals surface area (Å²) in [5.74, 6) is 0.128. The number of esters is 1. The van der Waals surface area contributed by atoms with E-state index in [1.807, 2.05) is 4.90 Å². The number of nitrogens with one attached hydrogen (secondary N) is 1. The van der Waals surface area contributed by atoms with Crippen LogP contribution in [0.1, 0.15) is 31.9 Å². The molecule has 1 aromatic rings. The highest BCUT2D eigenvalue weighted by Crippen LogP contribution is 2.30. The van der Waals surface area contributed by atoms with Gasteiger partial charge in [0.15, 0.2) is 0 Å². The molecular formula is C18H26N4O3. The third kappa shape index (κ3) is 4.10. The summed E-state index contributed by atoms with van der Waals surface area (Å²) >= 11 is 0. The van der Waals surface area contributed by atoms with E-state index in [4.69, 9.17) is 0 Å². The molecule has 0 unspecified atom stereocenters. The quantitative estimate of drug-likeness (QED) is 0.843. The first-order valence-electron chi connectivity index (χ1n) is 8.95. The van der Waals surface area contributed by atoms with E-state index < -0.39 is 0 Å². The van der Waals surface area contributed by atoms with Gasteiger partial charge in [0.2, 0.25) is 0 Å². The van der Waals surface area contributed by atoms with E-state index in [0.717, 1.165) is 38.9 Å². The van der Waals surface area contributed by atoms with Gasteiger partial charge in [0.1, 0.15) is 5.82 Å². The number of methoxy groups -OCH3 is 1. The average molecular weight is 346 g/mol. The highest BCUT2D eigenvalue weighted by molar-refractivity contribution is 5.89. The molecule has 7 heteroatoms. The molecule has 2 amide bonds. The number of carbonyl (C=O) groups is 2. The Hall–Kier alpha value is -2.15. The van der Waals surface area contributed by atoms with E-state index in [1.165, 1.54) is 7.11 Å². The zero-order valence-electron chi connectivity index (χ0n) is 14.9. The fraction of sp³-hybridized carbons (Fsp3) is 0.611. The Morgan fingerprint density at radius 2 is 2.08 bits per heavy atom. The number of nitrogens with zero attached hydrogens (tertiary/aromatic N) is 3. The molecular weight excluding hydrogens is 320 g/mol. The largest absolute Gasteiger partial charge is 0.469 e. The molecule has 2 atom stereocenters. The number of urea groups is 1. The lowest BCUT2D eigenvalue weighted by atomic mass is 10.1. The molecule has 0 radical (unpaired) electrons. The molecule has 7 nitrogen and oxygen atoms in total. The molecule has 1 N–H and O–H groups in total. The van der Waals surface area contributed by atoms with Crippen LogP contribution in [0.2, 0.25) is 0 Å². The number of aromatic nitrogens is 1. The minimum Gasteiger partial charge on any atom is -0.469 e. The highest BCUT2D eigenvalue weighted by Gasteiger charge is 2.39. The van der Waals surface area contributed by atoms with Crippen LogP contribution in [0.5, 0.6) is 0 Å². The van der Waals surface area contributed by atoms with Crippen LogP contribution in [-0.2, 0) is 16.0 Å². The van der Waals surface area contributed by atoms with Crippen molar-refractivity contribution >= 4 is 17.8 Å². The maximum atomic E-state index is 12.8. The maximum absolute atomic E-state index is 12.8. The Morgan fingerprint density at radius 3 is 2.84 bits per heavy atom. The first-order chi connectivity index (χ1) is 12.1. The van der Waals surface area contributed by atoms with Gasteiger partial charge in [-0.2, -0.15) is 0 Å². The standard InChI is InChI=1S/C18H26N4O3/c1-3-21-10-9-14-7-8-15(12-21)22(14)18(24)20-16-6-4-5-13(19-16)11-17(23)25-2/h4-6,14-15H,3,7-12H2,1-2H3,(H,19,20,24)/t14-,15+/m1/s1. The van der Waals surface area contributed by atoms with Crippen LogP contribution in [0.15, 0.2) is 18.2 Å². The number of rotatable bonds is 4. The number of ether oxygens (including phenoxy) is 1. The third-order valence-electron chi connectivity index (χ3n) is 5.14. The van der Waals surface area contributed by atoms with Crippen LogP contribution in [0.25, 0.3) is 0 Å². The number of fused-ring (bicyclic) bond motifs is 2. The number of amides is 2. The van der Waals surface area contributed by atoms with Gasteiger partial charge in [-0.15, -0.1) is 0 Å². The normalized spacial score (nSPS) is 23.2. The highest BCUT2D eigenvalue weighted by atomic mass is 16.5. The molecule has 0 spiro atoms. The Labute approximate surface area is 148 Å². The van der Waals surface area contributed by atoms with Gasteiger partial charge in [-0.3, -0.25) is 10.1 Å². The summed E-state index contributed by atoms with van der Waals surface area (Å²) in [6, 6.07) is 5.77. The zero-order valence-corrected chi connectivity index (χ0v) is 14.9. The van der Waals surface area contributed by atoms with Crippen molar-refractivity contribution in [2.75, 3.05) is 32.1 Å². The second kappa shape index (κ2) is 7.82. The minimum atomic E-state index is -0.346. The Balaban J connectivity index is 1.68. The summed E-state index contributed by atoms with van der Waals surface area (Å²) in [7, 11) is 1.35. The SMILES string of the molecule is CCN1CC[C@H]2CC[C@@H](C1)N2C(=O)Nc1cccc(CC(=O)OC)n1. The smallest absolute Gasteiger partial charge is 0.323 e. The van der Waals surface area contributed by atoms with Crippen molar-refractivity contribution in [2.24, 2.45) is 0 Å². The summed E-state index contributed by atoms with van der Waals surface area (Å²) in [4.78, 5) is 33.0. The zero-order chi connectivity index (χ0) is 17.8. The first kappa shape index (κ1) is 17.7. The lowest BCUT2D eigenvalue weighted by Gasteiger charge is -2.28. The lowest BCUT2D eigenvalue weighted by Crippen LogP contribution is -2.45. The second-order valence-electron chi connectivity index (χ2n) is 6.67. The molecule has 0 aliphatic carbocycles. The van der Waals surface area contributed by atoms with Crippen LogP contribution in [0, 0.1) is 0 Å². The average Bonchev–Trinajstić information content (AvgIpc) is 2.90. The maximum Gasteiger partial charge on any atom is 0.323 e. The number of likely N-dealkylation sites (N-methyl/N-ethyl adjacent to an activating group) is 1. The predicted octanol–water partition coefficient (Wildman–Crippen LogP) is 1.89. The fourth-order valence-corrected chi connectivity index (χ4v) is 3.81. The van der Waals surface area contributed by atoms with E-state index in [9.17, 15) is 9.59 Å². The van der Waals surface area contributed by atoms with E-state index in [-0.39, 0.29) is 24.5 Å². The summed E-state index contributed by atoms with van der Waals surface area (Å²) in [6.45, 7) is 5.18. The van der Waals surface area contributed by atoms with Crippen LogP contribution < -0.4 is 5.32 Å². The molecule has 2 aliphatic heterocycles. The lowest BCUT2D eigenvalue weighted by molar-refractivity contribution is -0.139. The van der Waals surface area contributed by atoms with Gasteiger partial charge in [-0.05, 0) is 37.9 Å². The number of hydrogen-bond acceptors (Lipinski definition) is 5. The second-order valence-corrected chi connectivity index (χ2v) is 6.67. The fourth-order valence-electron chi connectivity index (χ4n) is 3.81. The van der Waals surface area contributed by atoms with Crippen LogP contribution in [0.3, 0.4) is 0 Å². The van der Waals surface area contributed by atoms with Gasteiger partial charge in [0.25, 0.3) is 0 Å². The molecule has 2 aliphatic rings. The topological polar surface area (TPSA) is 74.8 Å². The van der Waals surface area contributed by atoms with Crippen LogP contribution >= 0.6 is 0 Å². The van der Waals surface area contributed by atoms with E-state index >= 15 is 0 Å². The van der Waals surface area contributed by atoms with Crippen molar-refractivity contribution in [1.82, 2.24) is 14.8 Å². The van der Waals surface area contributed by atoms with Gasteiger partial charge in [-0.1, -0.05) is 13.0 Å². The molecule has 1 aromatic heterocycles. The Kier molecular flexibility index (Phi) is 5.53. The molecule has 2 saturated heterocycles. The number of pyridine rings is 1. The van der Waals surface area contributed by atoms with E-state index in [0.29, 0.717) is 17.6 Å². The predicted molar refractivity (Wildman–Crippen MR) is 94.4 cm³/mol. The monoisotopic (exact) mass is 346 g/mol. The van der Waals surface area contributed by atoms with Gasteiger partial charge >= 0.3 is 12.0 Å². The number of likely N-dealkylation sites (tertiary alicyclic amines) is 1. The summed E-state index contributed by atoms with van der Waals surface area (Å²) < 4.78 is 4.66. The van der Waals surface area contributed by atoms with Crippen molar-refractivity contribution in [3.63, 3.8) is 0 Å².